The number of rotatable bonds is 4. The Hall–Kier alpha value is -2.70. The normalized spacial score (nSPS) is 24.1. The van der Waals surface area contributed by atoms with E-state index in [0.717, 1.165) is 41.7 Å². The van der Waals surface area contributed by atoms with Crippen LogP contribution in [-0.4, -0.2) is 46.5 Å². The average Bonchev–Trinajstić information content (AvgIpc) is 3.07. The van der Waals surface area contributed by atoms with Gasteiger partial charge in [-0.25, -0.2) is 4.39 Å². The summed E-state index contributed by atoms with van der Waals surface area (Å²) in [6, 6.07) is 15.2. The van der Waals surface area contributed by atoms with E-state index in [1.807, 2.05) is 53.9 Å². The van der Waals surface area contributed by atoms with E-state index in [2.05, 4.69) is 10.2 Å². The molecule has 2 aliphatic rings. The third-order valence-corrected chi connectivity index (χ3v) is 6.40. The largest absolute Gasteiger partial charge is 0.378 e. The number of amides is 1. The maximum atomic E-state index is 13.2. The van der Waals surface area contributed by atoms with Gasteiger partial charge in [-0.1, -0.05) is 18.2 Å². The highest BCUT2D eigenvalue weighted by molar-refractivity contribution is 6.01. The van der Waals surface area contributed by atoms with E-state index in [-0.39, 0.29) is 29.8 Å². The first-order chi connectivity index (χ1) is 14.6. The van der Waals surface area contributed by atoms with Crippen LogP contribution in [0.1, 0.15) is 34.5 Å². The molecule has 0 spiro atoms. The van der Waals surface area contributed by atoms with Crippen molar-refractivity contribution in [2.45, 2.75) is 44.4 Å². The van der Waals surface area contributed by atoms with Crippen LogP contribution in [0.3, 0.4) is 0 Å². The molecule has 156 valence electrons. The van der Waals surface area contributed by atoms with Gasteiger partial charge in [-0.3, -0.25) is 9.69 Å². The maximum Gasteiger partial charge on any atom is 0.253 e. The molecule has 1 aromatic carbocycles. The third kappa shape index (κ3) is 3.61. The molecule has 0 saturated carbocycles. The quantitative estimate of drug-likeness (QED) is 0.720. The molecule has 5 rings (SSSR count). The van der Waals surface area contributed by atoms with Crippen molar-refractivity contribution < 1.29 is 13.9 Å². The van der Waals surface area contributed by atoms with E-state index in [9.17, 15) is 9.18 Å². The average molecular weight is 407 g/mol. The maximum absolute atomic E-state index is 13.2. The number of halogens is 1. The predicted octanol–water partition coefficient (Wildman–Crippen LogP) is 3.55. The highest BCUT2D eigenvalue weighted by atomic mass is 19.1. The molecule has 5 nitrogen and oxygen atoms in total. The molecule has 0 aliphatic carbocycles. The van der Waals surface area contributed by atoms with Crippen molar-refractivity contribution in [3.05, 3.63) is 77.4 Å². The van der Waals surface area contributed by atoms with Crippen molar-refractivity contribution >= 4 is 11.4 Å². The topological polar surface area (TPSA) is 46.0 Å². The third-order valence-electron chi connectivity index (χ3n) is 6.40. The van der Waals surface area contributed by atoms with E-state index >= 15 is 0 Å². The van der Waals surface area contributed by atoms with Gasteiger partial charge < -0.3 is 14.5 Å². The number of aryl methyl sites for hydroxylation is 1. The van der Waals surface area contributed by atoms with Crippen molar-refractivity contribution in [2.24, 2.45) is 0 Å². The standard InChI is InChI=1S/C24H26FN3O2/c1-16-10-22(23-4-2-3-9-27(16)23)24(29)26-19-11-20-14-30-15-21(12-19)28(20)13-17-5-7-18(25)8-6-17/h2-10,19-21H,11-15H2,1H3,(H,26,29)/t19?,20-,21+. The van der Waals surface area contributed by atoms with Crippen LogP contribution in [0.25, 0.3) is 5.52 Å². The number of piperidine rings is 1. The smallest absolute Gasteiger partial charge is 0.253 e. The number of hydrogen-bond donors (Lipinski definition) is 1. The first kappa shape index (κ1) is 19.3. The second-order valence-electron chi connectivity index (χ2n) is 8.44. The monoisotopic (exact) mass is 407 g/mol. The Kier molecular flexibility index (Phi) is 5.05. The summed E-state index contributed by atoms with van der Waals surface area (Å²) >= 11 is 0. The van der Waals surface area contributed by atoms with Crippen LogP contribution in [0.2, 0.25) is 0 Å². The van der Waals surface area contributed by atoms with Gasteiger partial charge >= 0.3 is 0 Å². The fourth-order valence-electron chi connectivity index (χ4n) is 4.93. The van der Waals surface area contributed by atoms with E-state index in [1.165, 1.54) is 12.1 Å². The molecule has 2 fully saturated rings. The number of nitrogens with zero attached hydrogens (tertiary/aromatic N) is 2. The van der Waals surface area contributed by atoms with Crippen molar-refractivity contribution in [1.82, 2.24) is 14.6 Å². The highest BCUT2D eigenvalue weighted by Gasteiger charge is 2.39. The van der Waals surface area contributed by atoms with Gasteiger partial charge in [0, 0.05) is 36.6 Å². The summed E-state index contributed by atoms with van der Waals surface area (Å²) in [5.74, 6) is -0.222. The summed E-state index contributed by atoms with van der Waals surface area (Å²) in [5.41, 5.74) is 3.81. The molecule has 6 heteroatoms. The molecule has 2 bridgehead atoms. The van der Waals surface area contributed by atoms with Crippen LogP contribution in [0.4, 0.5) is 4.39 Å². The lowest BCUT2D eigenvalue weighted by atomic mass is 9.89. The molecule has 2 aromatic heterocycles. The molecule has 1 amide bonds. The van der Waals surface area contributed by atoms with Crippen LogP contribution in [0, 0.1) is 12.7 Å². The summed E-state index contributed by atoms with van der Waals surface area (Å²) < 4.78 is 21.1. The summed E-state index contributed by atoms with van der Waals surface area (Å²) in [5, 5.41) is 3.28. The number of carbonyl (C=O) groups excluding carboxylic acids is 1. The predicted molar refractivity (Wildman–Crippen MR) is 113 cm³/mol. The minimum atomic E-state index is -0.211. The molecule has 30 heavy (non-hydrogen) atoms. The molecule has 2 saturated heterocycles. The van der Waals surface area contributed by atoms with Crippen molar-refractivity contribution in [3.8, 4) is 0 Å². The minimum absolute atomic E-state index is 0.0113. The first-order valence-corrected chi connectivity index (χ1v) is 10.5. The fraction of sp³-hybridized carbons (Fsp3) is 0.375. The number of pyridine rings is 1. The number of hydrogen-bond acceptors (Lipinski definition) is 3. The Morgan fingerprint density at radius 2 is 1.87 bits per heavy atom. The van der Waals surface area contributed by atoms with Gasteiger partial charge in [0.2, 0.25) is 0 Å². The molecular weight excluding hydrogens is 381 g/mol. The Morgan fingerprint density at radius 1 is 1.13 bits per heavy atom. The van der Waals surface area contributed by atoms with Gasteiger partial charge in [-0.05, 0) is 55.7 Å². The van der Waals surface area contributed by atoms with Crippen LogP contribution < -0.4 is 5.32 Å². The van der Waals surface area contributed by atoms with E-state index in [4.69, 9.17) is 4.74 Å². The van der Waals surface area contributed by atoms with E-state index in [0.29, 0.717) is 13.2 Å². The summed E-state index contributed by atoms with van der Waals surface area (Å²) in [6.07, 6.45) is 3.69. The van der Waals surface area contributed by atoms with Crippen LogP contribution in [0.5, 0.6) is 0 Å². The second-order valence-corrected chi connectivity index (χ2v) is 8.44. The van der Waals surface area contributed by atoms with Gasteiger partial charge in [-0.15, -0.1) is 0 Å². The number of ether oxygens (including phenoxy) is 1. The zero-order chi connectivity index (χ0) is 20.7. The Bertz CT molecular complexity index is 1050. The molecular formula is C24H26FN3O2. The Morgan fingerprint density at radius 3 is 2.60 bits per heavy atom. The lowest BCUT2D eigenvalue weighted by Gasteiger charge is -2.48. The number of fused-ring (bicyclic) bond motifs is 3. The van der Waals surface area contributed by atoms with Crippen molar-refractivity contribution in [3.63, 3.8) is 0 Å². The minimum Gasteiger partial charge on any atom is -0.378 e. The van der Waals surface area contributed by atoms with Gasteiger partial charge in [0.1, 0.15) is 5.82 Å². The fourth-order valence-corrected chi connectivity index (χ4v) is 4.93. The molecule has 1 unspecified atom stereocenters. The molecule has 2 aliphatic heterocycles. The van der Waals surface area contributed by atoms with E-state index < -0.39 is 0 Å². The highest BCUT2D eigenvalue weighted by Crippen LogP contribution is 2.30. The number of benzene rings is 1. The summed E-state index contributed by atoms with van der Waals surface area (Å²) in [7, 11) is 0. The SMILES string of the molecule is Cc1cc(C(=O)NC2C[C@H]3COC[C@@H](C2)N3Cc2ccc(F)cc2)c2ccccn12. The molecule has 3 aromatic rings. The van der Waals surface area contributed by atoms with Gasteiger partial charge in [0.05, 0.1) is 24.3 Å². The Balaban J connectivity index is 1.29. The van der Waals surface area contributed by atoms with E-state index in [1.54, 1.807) is 0 Å². The second kappa shape index (κ2) is 7.85. The molecule has 1 N–H and O–H groups in total. The van der Waals surface area contributed by atoms with Crippen molar-refractivity contribution in [1.29, 1.82) is 0 Å². The lowest BCUT2D eigenvalue weighted by molar-refractivity contribution is -0.0843. The summed E-state index contributed by atoms with van der Waals surface area (Å²) in [6.45, 7) is 4.12. The van der Waals surface area contributed by atoms with Crippen LogP contribution in [-0.2, 0) is 11.3 Å². The zero-order valence-corrected chi connectivity index (χ0v) is 17.1. The van der Waals surface area contributed by atoms with Crippen LogP contribution >= 0.6 is 0 Å². The van der Waals surface area contributed by atoms with Crippen molar-refractivity contribution in [2.75, 3.05) is 13.2 Å². The zero-order valence-electron chi connectivity index (χ0n) is 17.1. The number of nitrogens with one attached hydrogen (secondary N) is 1. The molecule has 3 atom stereocenters. The lowest BCUT2D eigenvalue weighted by Crippen LogP contribution is -2.60. The summed E-state index contributed by atoms with van der Waals surface area (Å²) in [4.78, 5) is 15.5. The number of morpholine rings is 1. The molecule has 4 heterocycles. The molecule has 0 radical (unpaired) electrons. The van der Waals surface area contributed by atoms with Gasteiger partial charge in [0.25, 0.3) is 5.91 Å². The first-order valence-electron chi connectivity index (χ1n) is 10.5. The van der Waals surface area contributed by atoms with Gasteiger partial charge in [-0.2, -0.15) is 0 Å². The number of carbonyl (C=O) groups is 1. The van der Waals surface area contributed by atoms with Gasteiger partial charge in [0.15, 0.2) is 0 Å². The van der Waals surface area contributed by atoms with Crippen LogP contribution in [0.15, 0.2) is 54.7 Å². The number of aromatic nitrogens is 1. The Labute approximate surface area is 175 Å².